The van der Waals surface area contributed by atoms with Gasteiger partial charge in [-0.2, -0.15) is 0 Å². The van der Waals surface area contributed by atoms with Crippen molar-refractivity contribution in [2.75, 3.05) is 24.5 Å². The lowest BCUT2D eigenvalue weighted by atomic mass is 9.87. The van der Waals surface area contributed by atoms with Crippen LogP contribution in [0, 0.1) is 5.92 Å². The van der Waals surface area contributed by atoms with Crippen LogP contribution < -0.4 is 15.5 Å². The largest absolute Gasteiger partial charge is 0.364 e. The van der Waals surface area contributed by atoms with Gasteiger partial charge in [0.15, 0.2) is 0 Å². The summed E-state index contributed by atoms with van der Waals surface area (Å²) in [6.07, 6.45) is 3.52. The number of carbonyl (C=O) groups is 3. The van der Waals surface area contributed by atoms with Crippen molar-refractivity contribution in [2.24, 2.45) is 5.92 Å². The molecule has 1 saturated carbocycles. The van der Waals surface area contributed by atoms with E-state index in [1.54, 1.807) is 0 Å². The molecule has 0 bridgehead atoms. The Kier molecular flexibility index (Phi) is 3.67. The van der Waals surface area contributed by atoms with Crippen LogP contribution in [0.25, 0.3) is 0 Å². The minimum atomic E-state index is -0.877. The number of hydrogen-bond donors (Lipinski definition) is 2. The van der Waals surface area contributed by atoms with Crippen LogP contribution in [0.5, 0.6) is 0 Å². The van der Waals surface area contributed by atoms with Gasteiger partial charge in [-0.15, -0.1) is 0 Å². The first-order valence-corrected chi connectivity index (χ1v) is 9.83. The van der Waals surface area contributed by atoms with Gasteiger partial charge in [-0.3, -0.25) is 14.9 Å². The fourth-order valence-corrected chi connectivity index (χ4v) is 5.00. The number of rotatable bonds is 4. The monoisotopic (exact) mass is 368 g/mol. The van der Waals surface area contributed by atoms with Crippen molar-refractivity contribution in [3.05, 3.63) is 29.8 Å². The van der Waals surface area contributed by atoms with E-state index in [2.05, 4.69) is 39.8 Å². The zero-order valence-corrected chi connectivity index (χ0v) is 15.2. The SMILES string of the molecule is O=C1NC(=O)[C@](CCC(=O)N2CCN3c4ccccc4CC3C2)(C2CC2)N1. The summed E-state index contributed by atoms with van der Waals surface area (Å²) in [6.45, 7) is 2.28. The molecule has 3 heterocycles. The molecule has 2 N–H and O–H groups in total. The van der Waals surface area contributed by atoms with E-state index < -0.39 is 11.6 Å². The van der Waals surface area contributed by atoms with Crippen LogP contribution in [0.3, 0.4) is 0 Å². The zero-order valence-electron chi connectivity index (χ0n) is 15.2. The highest BCUT2D eigenvalue weighted by Gasteiger charge is 2.55. The number of nitrogens with zero attached hydrogens (tertiary/aromatic N) is 2. The molecule has 2 saturated heterocycles. The first-order chi connectivity index (χ1) is 13.1. The molecule has 142 valence electrons. The van der Waals surface area contributed by atoms with E-state index in [4.69, 9.17) is 0 Å². The molecule has 7 nitrogen and oxygen atoms in total. The molecule has 1 aromatic rings. The average Bonchev–Trinajstić information content (AvgIpc) is 3.39. The van der Waals surface area contributed by atoms with Gasteiger partial charge in [-0.1, -0.05) is 18.2 Å². The topological polar surface area (TPSA) is 81.8 Å². The van der Waals surface area contributed by atoms with Gasteiger partial charge >= 0.3 is 6.03 Å². The van der Waals surface area contributed by atoms with Crippen molar-refractivity contribution in [3.8, 4) is 0 Å². The van der Waals surface area contributed by atoms with Gasteiger partial charge in [-0.25, -0.2) is 4.79 Å². The number of benzene rings is 1. The Morgan fingerprint density at radius 3 is 2.74 bits per heavy atom. The van der Waals surface area contributed by atoms with E-state index in [0.717, 1.165) is 32.4 Å². The molecule has 2 atom stereocenters. The Morgan fingerprint density at radius 1 is 1.19 bits per heavy atom. The highest BCUT2D eigenvalue weighted by atomic mass is 16.2. The third-order valence-electron chi connectivity index (χ3n) is 6.57. The van der Waals surface area contributed by atoms with Crippen LogP contribution in [0.4, 0.5) is 10.5 Å². The third kappa shape index (κ3) is 2.67. The normalized spacial score (nSPS) is 29.3. The molecule has 3 aliphatic heterocycles. The van der Waals surface area contributed by atoms with Gasteiger partial charge in [0.2, 0.25) is 5.91 Å². The van der Waals surface area contributed by atoms with E-state index in [9.17, 15) is 14.4 Å². The number of urea groups is 1. The second-order valence-electron chi connectivity index (χ2n) is 8.17. The minimum absolute atomic E-state index is 0.0829. The van der Waals surface area contributed by atoms with E-state index in [0.29, 0.717) is 25.4 Å². The molecule has 4 amide bonds. The maximum Gasteiger partial charge on any atom is 0.322 e. The maximum atomic E-state index is 12.9. The smallest absolute Gasteiger partial charge is 0.322 e. The maximum absolute atomic E-state index is 12.9. The Bertz CT molecular complexity index is 821. The van der Waals surface area contributed by atoms with Gasteiger partial charge in [0.1, 0.15) is 5.54 Å². The number of fused-ring (bicyclic) bond motifs is 3. The van der Waals surface area contributed by atoms with E-state index >= 15 is 0 Å². The van der Waals surface area contributed by atoms with Gasteiger partial charge in [0.25, 0.3) is 5.91 Å². The number of amides is 4. The summed E-state index contributed by atoms with van der Waals surface area (Å²) in [5.74, 6) is -0.0172. The van der Waals surface area contributed by atoms with E-state index in [1.807, 2.05) is 4.90 Å². The van der Waals surface area contributed by atoms with Gasteiger partial charge in [0.05, 0.1) is 6.04 Å². The Hall–Kier alpha value is -2.57. The Balaban J connectivity index is 1.23. The zero-order chi connectivity index (χ0) is 18.6. The van der Waals surface area contributed by atoms with Crippen molar-refractivity contribution < 1.29 is 14.4 Å². The van der Waals surface area contributed by atoms with Crippen molar-refractivity contribution >= 4 is 23.5 Å². The van der Waals surface area contributed by atoms with Crippen LogP contribution in [-0.2, 0) is 16.0 Å². The van der Waals surface area contributed by atoms with Crippen LogP contribution in [-0.4, -0.2) is 54.0 Å². The molecule has 1 aromatic carbocycles. The van der Waals surface area contributed by atoms with Crippen LogP contribution in [0.2, 0.25) is 0 Å². The Labute approximate surface area is 158 Å². The van der Waals surface area contributed by atoms with Crippen LogP contribution >= 0.6 is 0 Å². The summed E-state index contributed by atoms with van der Waals surface area (Å²) >= 11 is 0. The molecule has 0 radical (unpaired) electrons. The summed E-state index contributed by atoms with van der Waals surface area (Å²) in [4.78, 5) is 41.2. The lowest BCUT2D eigenvalue weighted by Crippen LogP contribution is -2.54. The molecule has 1 unspecified atom stereocenters. The van der Waals surface area contributed by atoms with Gasteiger partial charge in [-0.05, 0) is 43.2 Å². The molecule has 0 spiro atoms. The molecule has 3 fully saturated rings. The number of nitrogens with one attached hydrogen (secondary N) is 2. The molecule has 1 aliphatic carbocycles. The Morgan fingerprint density at radius 2 is 2.00 bits per heavy atom. The lowest BCUT2D eigenvalue weighted by Gasteiger charge is -2.39. The molecular formula is C20H24N4O3. The predicted molar refractivity (Wildman–Crippen MR) is 99.2 cm³/mol. The highest BCUT2D eigenvalue weighted by molar-refractivity contribution is 6.07. The van der Waals surface area contributed by atoms with Crippen LogP contribution in [0.15, 0.2) is 24.3 Å². The second-order valence-corrected chi connectivity index (χ2v) is 8.17. The van der Waals surface area contributed by atoms with Crippen LogP contribution in [0.1, 0.15) is 31.2 Å². The van der Waals surface area contributed by atoms with Crippen molar-refractivity contribution in [1.82, 2.24) is 15.5 Å². The number of carbonyl (C=O) groups excluding carboxylic acids is 3. The molecule has 7 heteroatoms. The first kappa shape index (κ1) is 16.6. The third-order valence-corrected chi connectivity index (χ3v) is 6.57. The average molecular weight is 368 g/mol. The highest BCUT2D eigenvalue weighted by Crippen LogP contribution is 2.44. The fraction of sp³-hybridized carbons (Fsp3) is 0.550. The molecular weight excluding hydrogens is 344 g/mol. The number of piperazine rings is 1. The fourth-order valence-electron chi connectivity index (χ4n) is 5.00. The standard InChI is InChI=1S/C20H24N4O3/c25-17(7-8-20(14-5-6-14)18(26)21-19(27)22-20)23-9-10-24-15(12-23)11-13-3-1-2-4-16(13)24/h1-4,14-15H,5-12H2,(H2,21,22,26,27)/t15?,20-/m0/s1. The first-order valence-electron chi connectivity index (χ1n) is 9.83. The number of anilines is 1. The summed E-state index contributed by atoms with van der Waals surface area (Å²) in [6, 6.07) is 8.37. The summed E-state index contributed by atoms with van der Waals surface area (Å²) in [5, 5.41) is 5.16. The van der Waals surface area contributed by atoms with Gasteiger partial charge < -0.3 is 15.1 Å². The van der Waals surface area contributed by atoms with Crippen molar-refractivity contribution in [2.45, 2.75) is 43.7 Å². The molecule has 27 heavy (non-hydrogen) atoms. The number of imide groups is 1. The quantitative estimate of drug-likeness (QED) is 0.778. The second kappa shape index (κ2) is 5.97. The molecule has 5 rings (SSSR count). The van der Waals surface area contributed by atoms with Gasteiger partial charge in [0, 0.05) is 31.7 Å². The summed E-state index contributed by atoms with van der Waals surface area (Å²) in [5.41, 5.74) is 1.78. The number of hydrogen-bond acceptors (Lipinski definition) is 4. The summed E-state index contributed by atoms with van der Waals surface area (Å²) < 4.78 is 0. The minimum Gasteiger partial charge on any atom is -0.364 e. The van der Waals surface area contributed by atoms with E-state index in [-0.39, 0.29) is 17.7 Å². The van der Waals surface area contributed by atoms with E-state index in [1.165, 1.54) is 11.3 Å². The lowest BCUT2D eigenvalue weighted by molar-refractivity contribution is -0.133. The number of para-hydroxylation sites is 1. The molecule has 4 aliphatic rings. The van der Waals surface area contributed by atoms with Crippen molar-refractivity contribution in [1.29, 1.82) is 0 Å². The van der Waals surface area contributed by atoms with Crippen molar-refractivity contribution in [3.63, 3.8) is 0 Å². The predicted octanol–water partition coefficient (Wildman–Crippen LogP) is 1.03. The molecule has 0 aromatic heterocycles. The summed E-state index contributed by atoms with van der Waals surface area (Å²) in [7, 11) is 0.